The van der Waals surface area contributed by atoms with E-state index in [-0.39, 0.29) is 11.9 Å². The molecule has 1 atom stereocenters. The van der Waals surface area contributed by atoms with E-state index in [1.165, 1.54) is 24.5 Å². The minimum Gasteiger partial charge on any atom is -0.490 e. The Morgan fingerprint density at radius 3 is 2.09 bits per heavy atom. The van der Waals surface area contributed by atoms with Crippen molar-refractivity contribution in [2.24, 2.45) is 5.73 Å². The number of carboxylic acid groups (broad SMARTS) is 1. The predicted molar refractivity (Wildman–Crippen MR) is 151 cm³/mol. The van der Waals surface area contributed by atoms with Gasteiger partial charge in [0.05, 0.1) is 12.7 Å². The summed E-state index contributed by atoms with van der Waals surface area (Å²) in [6.07, 6.45) is -2.17. The highest BCUT2D eigenvalue weighted by Gasteiger charge is 2.38. The second kappa shape index (κ2) is 15.6. The first-order valence-electron chi connectivity index (χ1n) is 12.7. The third-order valence-electron chi connectivity index (χ3n) is 5.22. The van der Waals surface area contributed by atoms with Crippen LogP contribution in [0, 0.1) is 5.41 Å². The van der Waals surface area contributed by atoms with E-state index in [1.807, 2.05) is 20.8 Å². The summed E-state index contributed by atoms with van der Waals surface area (Å²) in [6, 6.07) is 14.2. The van der Waals surface area contributed by atoms with Crippen LogP contribution in [0.1, 0.15) is 48.3 Å². The number of carboxylic acids is 1. The number of nitrogen functional groups attached to an aromatic ring is 1. The number of carbonyl (C=O) groups is 3. The summed E-state index contributed by atoms with van der Waals surface area (Å²) in [5.41, 5.74) is 12.6. The van der Waals surface area contributed by atoms with Crippen molar-refractivity contribution >= 4 is 29.3 Å². The van der Waals surface area contributed by atoms with Crippen LogP contribution in [0.25, 0.3) is 0 Å². The number of anilines is 1. The van der Waals surface area contributed by atoms with Crippen molar-refractivity contribution in [3.63, 3.8) is 0 Å². The van der Waals surface area contributed by atoms with E-state index in [9.17, 15) is 22.8 Å². The number of rotatable bonds is 10. The van der Waals surface area contributed by atoms with Crippen molar-refractivity contribution in [2.45, 2.75) is 39.1 Å². The van der Waals surface area contributed by atoms with Crippen molar-refractivity contribution in [1.82, 2.24) is 15.8 Å². The molecule has 0 bridgehead atoms. The van der Waals surface area contributed by atoms with Crippen LogP contribution < -0.4 is 31.4 Å². The molecule has 0 spiro atoms. The molecule has 1 aromatic heterocycles. The molecule has 1 unspecified atom stereocenters. The lowest BCUT2D eigenvalue weighted by Gasteiger charge is -2.22. The Morgan fingerprint density at radius 1 is 0.977 bits per heavy atom. The number of nitrogens with one attached hydrogen (secondary N) is 4. The summed E-state index contributed by atoms with van der Waals surface area (Å²) in [5, 5.41) is 17.9. The van der Waals surface area contributed by atoms with Crippen LogP contribution in [-0.4, -0.2) is 52.6 Å². The molecule has 3 aromatic rings. The Balaban J connectivity index is 0.000000821. The lowest BCUT2D eigenvalue weighted by molar-refractivity contribution is -0.192. The first-order chi connectivity index (χ1) is 20.2. The van der Waals surface area contributed by atoms with Crippen LogP contribution in [0.15, 0.2) is 67.0 Å². The molecule has 3 rings (SSSR count). The molecule has 0 fully saturated rings. The maximum Gasteiger partial charge on any atom is 0.490 e. The molecule has 2 aromatic carbocycles. The second-order valence-corrected chi connectivity index (χ2v) is 8.86. The van der Waals surface area contributed by atoms with Crippen LogP contribution in [-0.2, 0) is 9.59 Å². The number of amidine groups is 1. The van der Waals surface area contributed by atoms with Crippen molar-refractivity contribution in [1.29, 1.82) is 5.41 Å². The minimum atomic E-state index is -5.08. The fourth-order valence-electron chi connectivity index (χ4n) is 3.30. The number of aromatic nitrogens is 1. The summed E-state index contributed by atoms with van der Waals surface area (Å²) in [7, 11) is 0. The van der Waals surface area contributed by atoms with Crippen LogP contribution in [0.3, 0.4) is 0 Å². The van der Waals surface area contributed by atoms with Gasteiger partial charge in [0.25, 0.3) is 11.8 Å². The highest BCUT2D eigenvalue weighted by Crippen LogP contribution is 2.33. The number of hydrogen-bond donors (Lipinski definition) is 6. The summed E-state index contributed by atoms with van der Waals surface area (Å²) in [5.74, 6) is -2.74. The van der Waals surface area contributed by atoms with Crippen LogP contribution in [0.4, 0.5) is 18.9 Å². The molecule has 2 amide bonds. The zero-order valence-electron chi connectivity index (χ0n) is 23.4. The average molecular weight is 605 g/mol. The number of benzene rings is 2. The lowest BCUT2D eigenvalue weighted by Crippen LogP contribution is -2.45. The fraction of sp³-hybridized carbons (Fsp3) is 0.250. The van der Waals surface area contributed by atoms with Gasteiger partial charge >= 0.3 is 12.1 Å². The number of hydrogen-bond acceptors (Lipinski definition) is 8. The topological polar surface area (TPSA) is 189 Å². The predicted octanol–water partition coefficient (Wildman–Crippen LogP) is 3.80. The molecule has 43 heavy (non-hydrogen) atoms. The van der Waals surface area contributed by atoms with Crippen LogP contribution in [0.2, 0.25) is 0 Å². The van der Waals surface area contributed by atoms with Crippen LogP contribution in [0.5, 0.6) is 11.5 Å². The normalized spacial score (nSPS) is 11.3. The molecular formula is C28H31F3N6O6. The molecule has 7 N–H and O–H groups in total. The quantitative estimate of drug-likeness (QED) is 0.114. The van der Waals surface area contributed by atoms with Crippen molar-refractivity contribution in [3.8, 4) is 11.5 Å². The van der Waals surface area contributed by atoms with E-state index in [4.69, 9.17) is 30.5 Å². The molecule has 0 aliphatic rings. The highest BCUT2D eigenvalue weighted by atomic mass is 19.4. The maximum absolute atomic E-state index is 13.3. The molecule has 12 nitrogen and oxygen atoms in total. The Labute approximate surface area is 244 Å². The molecular weight excluding hydrogens is 573 g/mol. The minimum absolute atomic E-state index is 0.0586. The standard InChI is InChI=1S/C26H30N6O4.C2HF3O2/c1-4-35-22-15-19(7-10-21(22)36-16(2)3)23(30-20-8-5-17(6-9-20)24(27)28)26(34)32-31-25(33)18-11-13-29-14-12-18;3-2(4,5)1(6)7/h5-16,23,30H,4H2,1-3H3,(H3,27,28)(H,31,33)(H,32,34);(H,6,7). The second-order valence-electron chi connectivity index (χ2n) is 8.86. The van der Waals surface area contributed by atoms with Gasteiger partial charge in [-0.05, 0) is 74.9 Å². The van der Waals surface area contributed by atoms with E-state index in [0.717, 1.165) is 0 Å². The molecule has 1 heterocycles. The number of hydrazine groups is 1. The molecule has 230 valence electrons. The number of ether oxygens (including phenoxy) is 2. The van der Waals surface area contributed by atoms with Crippen molar-refractivity contribution in [3.05, 3.63) is 83.7 Å². The largest absolute Gasteiger partial charge is 0.490 e. The van der Waals surface area contributed by atoms with Gasteiger partial charge in [-0.25, -0.2) is 4.79 Å². The highest BCUT2D eigenvalue weighted by molar-refractivity contribution is 5.97. The number of aliphatic carboxylic acids is 1. The van der Waals surface area contributed by atoms with Gasteiger partial charge in [-0.2, -0.15) is 13.2 Å². The molecule has 0 aliphatic heterocycles. The summed E-state index contributed by atoms with van der Waals surface area (Å²) in [6.45, 7) is 6.10. The fourth-order valence-corrected chi connectivity index (χ4v) is 3.30. The monoisotopic (exact) mass is 604 g/mol. The van der Waals surface area contributed by atoms with Gasteiger partial charge in [-0.15, -0.1) is 0 Å². The first-order valence-corrected chi connectivity index (χ1v) is 12.7. The number of alkyl halides is 3. The van der Waals surface area contributed by atoms with Crippen molar-refractivity contribution in [2.75, 3.05) is 11.9 Å². The summed E-state index contributed by atoms with van der Waals surface area (Å²) < 4.78 is 43.3. The molecule has 0 radical (unpaired) electrons. The average Bonchev–Trinajstić information content (AvgIpc) is 2.96. The molecule has 0 saturated heterocycles. The number of halogens is 3. The number of nitrogens with zero attached hydrogens (tertiary/aromatic N) is 1. The Kier molecular flexibility index (Phi) is 12.3. The molecule has 0 aliphatic carbocycles. The SMILES string of the molecule is CCOc1cc(C(Nc2ccc(C(=N)N)cc2)C(=O)NNC(=O)c2ccncc2)ccc1OC(C)C.O=C(O)C(F)(F)F. The zero-order chi connectivity index (χ0) is 32.2. The third-order valence-corrected chi connectivity index (χ3v) is 5.22. The van der Waals surface area contributed by atoms with E-state index >= 15 is 0 Å². The van der Waals surface area contributed by atoms with Gasteiger partial charge in [-0.1, -0.05) is 6.07 Å². The number of pyridine rings is 1. The zero-order valence-corrected chi connectivity index (χ0v) is 23.4. The van der Waals surface area contributed by atoms with Gasteiger partial charge in [0.2, 0.25) is 0 Å². The van der Waals surface area contributed by atoms with Gasteiger partial charge in [0, 0.05) is 29.2 Å². The van der Waals surface area contributed by atoms with Gasteiger partial charge in [0.1, 0.15) is 11.9 Å². The first kappa shape index (κ1) is 33.9. The molecule has 15 heteroatoms. The van der Waals surface area contributed by atoms with E-state index in [1.54, 1.807) is 42.5 Å². The summed E-state index contributed by atoms with van der Waals surface area (Å²) >= 11 is 0. The lowest BCUT2D eigenvalue weighted by atomic mass is 10.0. The van der Waals surface area contributed by atoms with Gasteiger partial charge in [0.15, 0.2) is 11.5 Å². The van der Waals surface area contributed by atoms with Crippen LogP contribution >= 0.6 is 0 Å². The molecule has 0 saturated carbocycles. The number of amides is 2. The van der Waals surface area contributed by atoms with E-state index < -0.39 is 30.0 Å². The Hall–Kier alpha value is -5.34. The van der Waals surface area contributed by atoms with E-state index in [2.05, 4.69) is 21.2 Å². The summed E-state index contributed by atoms with van der Waals surface area (Å²) in [4.78, 5) is 38.5. The smallest absolute Gasteiger partial charge is 0.490 e. The van der Waals surface area contributed by atoms with Crippen molar-refractivity contribution < 1.29 is 42.1 Å². The third kappa shape index (κ3) is 10.9. The number of carbonyl (C=O) groups excluding carboxylic acids is 2. The van der Waals surface area contributed by atoms with E-state index in [0.29, 0.717) is 40.5 Å². The maximum atomic E-state index is 13.3. The van der Waals surface area contributed by atoms with Gasteiger partial charge in [-0.3, -0.25) is 30.8 Å². The Bertz CT molecular complexity index is 1400. The number of nitrogens with two attached hydrogens (primary N) is 1. The van der Waals surface area contributed by atoms with Gasteiger partial charge < -0.3 is 25.6 Å². The Morgan fingerprint density at radius 2 is 1.58 bits per heavy atom.